The van der Waals surface area contributed by atoms with Crippen molar-refractivity contribution in [2.24, 2.45) is 0 Å². The molecule has 0 spiro atoms. The van der Waals surface area contributed by atoms with Gasteiger partial charge in [-0.2, -0.15) is 0 Å². The van der Waals surface area contributed by atoms with Crippen molar-refractivity contribution in [2.45, 2.75) is 13.0 Å². The zero-order valence-electron chi connectivity index (χ0n) is 13.4. The molecule has 3 rings (SSSR count). The number of aryl methyl sites for hydroxylation is 1. The summed E-state index contributed by atoms with van der Waals surface area (Å²) in [6.45, 7) is 0.397. The lowest BCUT2D eigenvalue weighted by atomic mass is 9.79. The van der Waals surface area contributed by atoms with E-state index in [-0.39, 0.29) is 12.3 Å². The maximum absolute atomic E-state index is 12.0. The summed E-state index contributed by atoms with van der Waals surface area (Å²) in [5.74, 6) is -0.103. The minimum atomic E-state index is -1.53. The summed E-state index contributed by atoms with van der Waals surface area (Å²) in [6.07, 6.45) is 1.99. The molecular weight excluding hydrogens is 319 g/mol. The van der Waals surface area contributed by atoms with Crippen molar-refractivity contribution in [1.29, 1.82) is 0 Å². The minimum Gasteiger partial charge on any atom is -0.423 e. The Balaban J connectivity index is 1.60. The van der Waals surface area contributed by atoms with E-state index in [1.165, 1.54) is 0 Å². The second-order valence-electron chi connectivity index (χ2n) is 5.53. The molecule has 0 fully saturated rings. The van der Waals surface area contributed by atoms with E-state index in [0.29, 0.717) is 17.7 Å². The number of hydrogen-bond acceptors (Lipinski definition) is 5. The molecule has 25 heavy (non-hydrogen) atoms. The smallest absolute Gasteiger partial charge is 0.423 e. The van der Waals surface area contributed by atoms with Crippen LogP contribution in [-0.4, -0.2) is 38.1 Å². The molecule has 1 amide bonds. The maximum atomic E-state index is 12.0. The van der Waals surface area contributed by atoms with Crippen molar-refractivity contribution in [3.05, 3.63) is 60.8 Å². The van der Waals surface area contributed by atoms with Crippen LogP contribution in [0.3, 0.4) is 0 Å². The Morgan fingerprint density at radius 3 is 2.68 bits per heavy atom. The van der Waals surface area contributed by atoms with Gasteiger partial charge < -0.3 is 15.4 Å². The van der Waals surface area contributed by atoms with Gasteiger partial charge in [-0.1, -0.05) is 47.7 Å². The van der Waals surface area contributed by atoms with Crippen LogP contribution in [0.25, 0.3) is 11.3 Å². The zero-order chi connectivity index (χ0) is 17.6. The first kappa shape index (κ1) is 16.9. The first-order valence-corrected chi connectivity index (χ1v) is 7.83. The topological polar surface area (TPSA) is 100 Å². The summed E-state index contributed by atoms with van der Waals surface area (Å²) in [7, 11) is -1.53. The van der Waals surface area contributed by atoms with Gasteiger partial charge in [0.2, 0.25) is 5.91 Å². The zero-order valence-corrected chi connectivity index (χ0v) is 13.4. The van der Waals surface area contributed by atoms with Crippen LogP contribution in [0, 0.1) is 0 Å². The SMILES string of the molecule is O=C(CCn1cc(-c2cccc(B(O)O)c2)nn1)Nc1ccccc1. The third kappa shape index (κ3) is 4.53. The quantitative estimate of drug-likeness (QED) is 0.574. The van der Waals surface area contributed by atoms with Gasteiger partial charge in [-0.15, -0.1) is 5.10 Å². The summed E-state index contributed by atoms with van der Waals surface area (Å²) in [5, 5.41) is 29.4. The van der Waals surface area contributed by atoms with E-state index >= 15 is 0 Å². The molecule has 0 bridgehead atoms. The van der Waals surface area contributed by atoms with E-state index in [0.717, 1.165) is 11.3 Å². The van der Waals surface area contributed by atoms with E-state index in [1.807, 2.05) is 36.4 Å². The number of nitrogens with one attached hydrogen (secondary N) is 1. The number of aromatic nitrogens is 3. The number of nitrogens with zero attached hydrogens (tertiary/aromatic N) is 3. The molecule has 0 aliphatic carbocycles. The molecule has 8 heteroatoms. The molecule has 0 aliphatic heterocycles. The van der Waals surface area contributed by atoms with Crippen LogP contribution >= 0.6 is 0 Å². The number of carbonyl (C=O) groups excluding carboxylic acids is 1. The van der Waals surface area contributed by atoms with Gasteiger partial charge >= 0.3 is 7.12 Å². The van der Waals surface area contributed by atoms with Gasteiger partial charge in [-0.05, 0) is 17.6 Å². The van der Waals surface area contributed by atoms with Crippen LogP contribution in [-0.2, 0) is 11.3 Å². The first-order chi connectivity index (χ1) is 12.1. The molecule has 0 aliphatic rings. The van der Waals surface area contributed by atoms with Gasteiger partial charge in [0.15, 0.2) is 0 Å². The van der Waals surface area contributed by atoms with Gasteiger partial charge in [0, 0.05) is 17.7 Å². The summed E-state index contributed by atoms with van der Waals surface area (Å²) >= 11 is 0. The molecule has 126 valence electrons. The average molecular weight is 336 g/mol. The highest BCUT2D eigenvalue weighted by Crippen LogP contribution is 2.14. The minimum absolute atomic E-state index is 0.103. The van der Waals surface area contributed by atoms with Gasteiger partial charge in [-0.25, -0.2) is 0 Å². The predicted molar refractivity (Wildman–Crippen MR) is 95.0 cm³/mol. The Morgan fingerprint density at radius 1 is 1.12 bits per heavy atom. The van der Waals surface area contributed by atoms with Gasteiger partial charge in [-0.3, -0.25) is 9.48 Å². The van der Waals surface area contributed by atoms with Crippen LogP contribution in [0.2, 0.25) is 0 Å². The van der Waals surface area contributed by atoms with Crippen LogP contribution in [0.4, 0.5) is 5.69 Å². The van der Waals surface area contributed by atoms with Crippen molar-refractivity contribution >= 4 is 24.2 Å². The molecule has 0 saturated heterocycles. The van der Waals surface area contributed by atoms with Crippen LogP contribution in [0.1, 0.15) is 6.42 Å². The van der Waals surface area contributed by atoms with Crippen molar-refractivity contribution in [1.82, 2.24) is 15.0 Å². The third-order valence-electron chi connectivity index (χ3n) is 3.64. The summed E-state index contributed by atoms with van der Waals surface area (Å²) in [4.78, 5) is 12.0. The molecule has 0 unspecified atom stereocenters. The Hall–Kier alpha value is -2.97. The van der Waals surface area contributed by atoms with E-state index in [9.17, 15) is 14.8 Å². The summed E-state index contributed by atoms with van der Waals surface area (Å²) in [5.41, 5.74) is 2.47. The Bertz CT molecular complexity index is 852. The molecule has 3 N–H and O–H groups in total. The second-order valence-corrected chi connectivity index (χ2v) is 5.53. The van der Waals surface area contributed by atoms with Crippen LogP contribution in [0.5, 0.6) is 0 Å². The van der Waals surface area contributed by atoms with Gasteiger partial charge in [0.05, 0.1) is 12.7 Å². The number of amides is 1. The highest BCUT2D eigenvalue weighted by molar-refractivity contribution is 6.58. The lowest BCUT2D eigenvalue weighted by Crippen LogP contribution is -2.29. The highest BCUT2D eigenvalue weighted by atomic mass is 16.4. The predicted octanol–water partition coefficient (Wildman–Crippen LogP) is 0.654. The number of anilines is 1. The van der Waals surface area contributed by atoms with Crippen LogP contribution < -0.4 is 10.8 Å². The van der Waals surface area contributed by atoms with Crippen molar-refractivity contribution in [3.63, 3.8) is 0 Å². The number of rotatable bonds is 6. The molecule has 0 atom stereocenters. The molecule has 7 nitrogen and oxygen atoms in total. The van der Waals surface area contributed by atoms with Crippen molar-refractivity contribution in [2.75, 3.05) is 5.32 Å². The first-order valence-electron chi connectivity index (χ1n) is 7.83. The van der Waals surface area contributed by atoms with E-state index in [2.05, 4.69) is 15.6 Å². The Kier molecular flexibility index (Phi) is 5.22. The summed E-state index contributed by atoms with van der Waals surface area (Å²) in [6, 6.07) is 16.0. The maximum Gasteiger partial charge on any atom is 0.488 e. The summed E-state index contributed by atoms with van der Waals surface area (Å²) < 4.78 is 1.59. The molecular formula is C17H17BN4O3. The fraction of sp³-hybridized carbons (Fsp3) is 0.118. The van der Waals surface area contributed by atoms with Crippen molar-refractivity contribution < 1.29 is 14.8 Å². The van der Waals surface area contributed by atoms with Crippen LogP contribution in [0.15, 0.2) is 60.8 Å². The fourth-order valence-corrected chi connectivity index (χ4v) is 2.36. The molecule has 1 aromatic heterocycles. The Labute approximate surface area is 145 Å². The monoisotopic (exact) mass is 336 g/mol. The number of para-hydroxylation sites is 1. The molecule has 2 aromatic carbocycles. The van der Waals surface area contributed by atoms with E-state index in [1.54, 1.807) is 29.1 Å². The molecule has 0 saturated carbocycles. The number of carbonyl (C=O) groups is 1. The molecule has 0 radical (unpaired) electrons. The van der Waals surface area contributed by atoms with Gasteiger partial charge in [0.25, 0.3) is 0 Å². The number of hydrogen-bond donors (Lipinski definition) is 3. The third-order valence-corrected chi connectivity index (χ3v) is 3.64. The van der Waals surface area contributed by atoms with E-state index < -0.39 is 7.12 Å². The lowest BCUT2D eigenvalue weighted by molar-refractivity contribution is -0.116. The van der Waals surface area contributed by atoms with E-state index in [4.69, 9.17) is 0 Å². The lowest BCUT2D eigenvalue weighted by Gasteiger charge is -2.04. The van der Waals surface area contributed by atoms with Crippen molar-refractivity contribution in [3.8, 4) is 11.3 Å². The average Bonchev–Trinajstić information content (AvgIpc) is 3.10. The second kappa shape index (κ2) is 7.74. The Morgan fingerprint density at radius 2 is 1.92 bits per heavy atom. The molecule has 3 aromatic rings. The fourth-order valence-electron chi connectivity index (χ4n) is 2.36. The van der Waals surface area contributed by atoms with Gasteiger partial charge in [0.1, 0.15) is 5.69 Å². The number of benzene rings is 2. The standard InChI is InChI=1S/C17H17BN4O3/c23-17(19-15-7-2-1-3-8-15)9-10-22-12-16(20-21-22)13-5-4-6-14(11-13)18(24)25/h1-8,11-12,24-25H,9-10H2,(H,19,23). The normalized spacial score (nSPS) is 10.5. The largest absolute Gasteiger partial charge is 0.488 e. The highest BCUT2D eigenvalue weighted by Gasteiger charge is 2.13. The molecule has 1 heterocycles.